The fourth-order valence-electron chi connectivity index (χ4n) is 2.76. The van der Waals surface area contributed by atoms with Crippen molar-refractivity contribution >= 4 is 23.2 Å². The summed E-state index contributed by atoms with van der Waals surface area (Å²) in [6.07, 6.45) is 3.18. The Morgan fingerprint density at radius 3 is 2.54 bits per heavy atom. The third-order valence-electron chi connectivity index (χ3n) is 4.12. The zero-order valence-electron chi connectivity index (χ0n) is 13.6. The maximum absolute atomic E-state index is 12.2. The Balaban J connectivity index is 1.67. The molecule has 6 heteroatoms. The average molecular weight is 324 g/mol. The number of anilines is 2. The lowest BCUT2D eigenvalue weighted by Gasteiger charge is -2.35. The number of nitrogens with zero attached hydrogens (tertiary/aromatic N) is 3. The van der Waals surface area contributed by atoms with E-state index < -0.39 is 0 Å². The molecule has 0 spiro atoms. The van der Waals surface area contributed by atoms with E-state index in [0.717, 1.165) is 37.6 Å². The maximum Gasteiger partial charge on any atom is 0.257 e. The van der Waals surface area contributed by atoms with Gasteiger partial charge in [-0.15, -0.1) is 0 Å². The first-order valence-corrected chi connectivity index (χ1v) is 7.95. The summed E-state index contributed by atoms with van der Waals surface area (Å²) in [5, 5.41) is 2.89. The van der Waals surface area contributed by atoms with Gasteiger partial charge in [-0.25, -0.2) is 0 Å². The van der Waals surface area contributed by atoms with Crippen LogP contribution in [0.1, 0.15) is 17.3 Å². The zero-order valence-corrected chi connectivity index (χ0v) is 13.6. The molecule has 2 amide bonds. The number of nitrogens with one attached hydrogen (secondary N) is 1. The van der Waals surface area contributed by atoms with Gasteiger partial charge in [0.25, 0.3) is 5.91 Å². The van der Waals surface area contributed by atoms with Crippen LogP contribution in [-0.4, -0.2) is 47.9 Å². The van der Waals surface area contributed by atoms with Crippen molar-refractivity contribution in [1.82, 2.24) is 9.88 Å². The minimum Gasteiger partial charge on any atom is -0.368 e. The first kappa shape index (κ1) is 16.0. The summed E-state index contributed by atoms with van der Waals surface area (Å²) >= 11 is 0. The molecular weight excluding hydrogens is 304 g/mol. The van der Waals surface area contributed by atoms with E-state index in [9.17, 15) is 9.59 Å². The number of benzene rings is 1. The topological polar surface area (TPSA) is 65.5 Å². The molecule has 3 rings (SSSR count). The normalized spacial score (nSPS) is 14.4. The van der Waals surface area contributed by atoms with Crippen LogP contribution in [-0.2, 0) is 4.79 Å². The monoisotopic (exact) mass is 324 g/mol. The van der Waals surface area contributed by atoms with Crippen molar-refractivity contribution in [2.24, 2.45) is 0 Å². The Morgan fingerprint density at radius 2 is 1.88 bits per heavy atom. The van der Waals surface area contributed by atoms with Gasteiger partial charge in [0.05, 0.1) is 5.56 Å². The van der Waals surface area contributed by atoms with E-state index in [4.69, 9.17) is 0 Å². The van der Waals surface area contributed by atoms with E-state index in [2.05, 4.69) is 15.2 Å². The van der Waals surface area contributed by atoms with Crippen molar-refractivity contribution in [1.29, 1.82) is 0 Å². The minimum absolute atomic E-state index is 0.118. The van der Waals surface area contributed by atoms with Crippen LogP contribution in [0.3, 0.4) is 0 Å². The number of rotatable bonds is 3. The van der Waals surface area contributed by atoms with Crippen molar-refractivity contribution in [3.05, 3.63) is 54.4 Å². The second-order valence-electron chi connectivity index (χ2n) is 5.74. The number of carbonyl (C=O) groups excluding carboxylic acids is 2. The first-order valence-electron chi connectivity index (χ1n) is 7.95. The molecule has 1 aromatic carbocycles. The number of hydrogen-bond acceptors (Lipinski definition) is 4. The van der Waals surface area contributed by atoms with Crippen LogP contribution in [0.4, 0.5) is 11.4 Å². The Morgan fingerprint density at radius 1 is 1.08 bits per heavy atom. The second kappa shape index (κ2) is 7.12. The molecular formula is C18H20N4O2. The highest BCUT2D eigenvalue weighted by Gasteiger charge is 2.19. The maximum atomic E-state index is 12.2. The fraction of sp³-hybridized carbons (Fsp3) is 0.278. The molecule has 0 bridgehead atoms. The van der Waals surface area contributed by atoms with Gasteiger partial charge >= 0.3 is 0 Å². The van der Waals surface area contributed by atoms with E-state index in [0.29, 0.717) is 5.56 Å². The largest absolute Gasteiger partial charge is 0.368 e. The van der Waals surface area contributed by atoms with Crippen LogP contribution in [0.25, 0.3) is 0 Å². The van der Waals surface area contributed by atoms with E-state index in [-0.39, 0.29) is 11.8 Å². The molecule has 2 heterocycles. The molecule has 1 saturated heterocycles. The Labute approximate surface area is 141 Å². The molecule has 1 aromatic heterocycles. The molecule has 24 heavy (non-hydrogen) atoms. The standard InChI is InChI=1S/C18H20N4O2/c1-14(23)21-8-10-22(11-9-21)17-6-2-5-16(12-17)20-18(24)15-4-3-7-19-13-15/h2-7,12-13H,8-11H2,1H3,(H,20,24). The summed E-state index contributed by atoms with van der Waals surface area (Å²) in [5.41, 5.74) is 2.32. The third-order valence-corrected chi connectivity index (χ3v) is 4.12. The van der Waals surface area contributed by atoms with Crippen LogP contribution in [0, 0.1) is 0 Å². The lowest BCUT2D eigenvalue weighted by Crippen LogP contribution is -2.48. The number of hydrogen-bond donors (Lipinski definition) is 1. The molecule has 0 radical (unpaired) electrons. The van der Waals surface area contributed by atoms with Gasteiger partial charge in [-0.2, -0.15) is 0 Å². The van der Waals surface area contributed by atoms with Crippen LogP contribution in [0.15, 0.2) is 48.8 Å². The molecule has 2 aromatic rings. The van der Waals surface area contributed by atoms with Gasteiger partial charge in [-0.05, 0) is 30.3 Å². The number of aromatic nitrogens is 1. The third kappa shape index (κ3) is 3.71. The summed E-state index contributed by atoms with van der Waals surface area (Å²) in [6, 6.07) is 11.2. The molecule has 0 aliphatic carbocycles. The lowest BCUT2D eigenvalue weighted by molar-refractivity contribution is -0.129. The average Bonchev–Trinajstić information content (AvgIpc) is 2.63. The van der Waals surface area contributed by atoms with E-state index >= 15 is 0 Å². The summed E-state index contributed by atoms with van der Waals surface area (Å²) in [5.74, 6) is -0.0613. The quantitative estimate of drug-likeness (QED) is 0.938. The predicted molar refractivity (Wildman–Crippen MR) is 93.1 cm³/mol. The lowest BCUT2D eigenvalue weighted by atomic mass is 10.2. The highest BCUT2D eigenvalue weighted by Crippen LogP contribution is 2.21. The van der Waals surface area contributed by atoms with Crippen molar-refractivity contribution in [3.63, 3.8) is 0 Å². The Hall–Kier alpha value is -2.89. The van der Waals surface area contributed by atoms with E-state index in [1.54, 1.807) is 31.5 Å². The van der Waals surface area contributed by atoms with Gasteiger partial charge < -0.3 is 15.1 Å². The van der Waals surface area contributed by atoms with Gasteiger partial charge in [0, 0.05) is 56.9 Å². The summed E-state index contributed by atoms with van der Waals surface area (Å²) < 4.78 is 0. The van der Waals surface area contributed by atoms with Crippen LogP contribution < -0.4 is 10.2 Å². The number of piperazine rings is 1. The molecule has 124 valence electrons. The van der Waals surface area contributed by atoms with Crippen molar-refractivity contribution < 1.29 is 9.59 Å². The SMILES string of the molecule is CC(=O)N1CCN(c2cccc(NC(=O)c3cccnc3)c2)CC1. The van der Waals surface area contributed by atoms with E-state index in [1.165, 1.54) is 0 Å². The fourth-order valence-corrected chi connectivity index (χ4v) is 2.76. The highest BCUT2D eigenvalue weighted by atomic mass is 16.2. The molecule has 0 atom stereocenters. The molecule has 1 aliphatic heterocycles. The second-order valence-corrected chi connectivity index (χ2v) is 5.74. The Bertz CT molecular complexity index is 725. The van der Waals surface area contributed by atoms with Crippen LogP contribution >= 0.6 is 0 Å². The molecule has 0 unspecified atom stereocenters. The van der Waals surface area contributed by atoms with Crippen molar-refractivity contribution in [3.8, 4) is 0 Å². The number of pyridine rings is 1. The molecule has 0 saturated carbocycles. The van der Waals surface area contributed by atoms with Crippen molar-refractivity contribution in [2.75, 3.05) is 36.4 Å². The Kier molecular flexibility index (Phi) is 4.74. The molecule has 6 nitrogen and oxygen atoms in total. The van der Waals surface area contributed by atoms with Crippen LogP contribution in [0.2, 0.25) is 0 Å². The smallest absolute Gasteiger partial charge is 0.257 e. The zero-order chi connectivity index (χ0) is 16.9. The van der Waals surface area contributed by atoms with Gasteiger partial charge in [-0.3, -0.25) is 14.6 Å². The molecule has 1 N–H and O–H groups in total. The number of amides is 2. The van der Waals surface area contributed by atoms with Crippen LogP contribution in [0.5, 0.6) is 0 Å². The van der Waals surface area contributed by atoms with Crippen molar-refractivity contribution in [2.45, 2.75) is 6.92 Å². The predicted octanol–water partition coefficient (Wildman–Crippen LogP) is 2.00. The van der Waals surface area contributed by atoms with E-state index in [1.807, 2.05) is 29.2 Å². The summed E-state index contributed by atoms with van der Waals surface area (Å²) in [6.45, 7) is 4.63. The van der Waals surface area contributed by atoms with Gasteiger partial charge in [0.1, 0.15) is 0 Å². The highest BCUT2D eigenvalue weighted by molar-refractivity contribution is 6.04. The summed E-state index contributed by atoms with van der Waals surface area (Å²) in [7, 11) is 0. The molecule has 1 fully saturated rings. The van der Waals surface area contributed by atoms with Gasteiger partial charge in [-0.1, -0.05) is 6.07 Å². The van der Waals surface area contributed by atoms with Gasteiger partial charge in [0.15, 0.2) is 0 Å². The molecule has 1 aliphatic rings. The van der Waals surface area contributed by atoms with Gasteiger partial charge in [0.2, 0.25) is 5.91 Å². The first-order chi connectivity index (χ1) is 11.6. The number of carbonyl (C=O) groups is 2. The minimum atomic E-state index is -0.179. The summed E-state index contributed by atoms with van der Waals surface area (Å²) in [4.78, 5) is 31.6.